The van der Waals surface area contributed by atoms with Gasteiger partial charge in [-0.2, -0.15) is 0 Å². The molecule has 0 aliphatic rings. The first-order valence-electron chi connectivity index (χ1n) is 7.95. The summed E-state index contributed by atoms with van der Waals surface area (Å²) in [5, 5.41) is 8.56. The fourth-order valence-electron chi connectivity index (χ4n) is 2.14. The average molecular weight is 318 g/mol. The zero-order valence-electron chi connectivity index (χ0n) is 14.0. The van der Waals surface area contributed by atoms with Crippen molar-refractivity contribution in [3.63, 3.8) is 0 Å². The van der Waals surface area contributed by atoms with Gasteiger partial charge in [-0.3, -0.25) is 9.59 Å². The normalized spacial score (nSPS) is 11.6. The van der Waals surface area contributed by atoms with Crippen LogP contribution in [0.1, 0.15) is 51.5 Å². The lowest BCUT2D eigenvalue weighted by Gasteiger charge is -2.21. The van der Waals surface area contributed by atoms with E-state index in [1.165, 1.54) is 0 Å². The Labute approximate surface area is 138 Å². The van der Waals surface area contributed by atoms with Gasteiger partial charge in [-0.25, -0.2) is 0 Å². The lowest BCUT2D eigenvalue weighted by Crippen LogP contribution is -2.18. The Morgan fingerprint density at radius 2 is 1.87 bits per heavy atom. The SMILES string of the molecule is CC(C)(C/C=C/CCCC(=O)O)CC(=O)OCc1ccccc1. The molecule has 0 fully saturated rings. The molecular weight excluding hydrogens is 292 g/mol. The van der Waals surface area contributed by atoms with Gasteiger partial charge in [0.2, 0.25) is 0 Å². The number of esters is 1. The summed E-state index contributed by atoms with van der Waals surface area (Å²) >= 11 is 0. The number of hydrogen-bond donors (Lipinski definition) is 1. The Morgan fingerprint density at radius 1 is 1.17 bits per heavy atom. The Balaban J connectivity index is 2.26. The van der Waals surface area contributed by atoms with E-state index in [-0.39, 0.29) is 17.8 Å². The van der Waals surface area contributed by atoms with Gasteiger partial charge < -0.3 is 9.84 Å². The first kappa shape index (κ1) is 18.9. The maximum atomic E-state index is 11.9. The molecule has 0 saturated heterocycles. The second kappa shape index (κ2) is 9.82. The van der Waals surface area contributed by atoms with Crippen molar-refractivity contribution in [2.24, 2.45) is 5.41 Å². The summed E-state index contributed by atoms with van der Waals surface area (Å²) in [5.41, 5.74) is 0.814. The third kappa shape index (κ3) is 9.51. The van der Waals surface area contributed by atoms with Crippen LogP contribution in [0.4, 0.5) is 0 Å². The minimum atomic E-state index is -0.764. The van der Waals surface area contributed by atoms with Crippen molar-refractivity contribution in [1.82, 2.24) is 0 Å². The maximum Gasteiger partial charge on any atom is 0.306 e. The molecule has 0 bridgehead atoms. The van der Waals surface area contributed by atoms with Crippen molar-refractivity contribution < 1.29 is 19.4 Å². The summed E-state index contributed by atoms with van der Waals surface area (Å²) in [6, 6.07) is 9.62. The van der Waals surface area contributed by atoms with Crippen molar-refractivity contribution in [3.8, 4) is 0 Å². The van der Waals surface area contributed by atoms with Crippen LogP contribution in [0.3, 0.4) is 0 Å². The summed E-state index contributed by atoms with van der Waals surface area (Å²) < 4.78 is 5.31. The highest BCUT2D eigenvalue weighted by atomic mass is 16.5. The quantitative estimate of drug-likeness (QED) is 0.396. The van der Waals surface area contributed by atoms with Crippen LogP contribution in [0.5, 0.6) is 0 Å². The smallest absolute Gasteiger partial charge is 0.306 e. The molecule has 23 heavy (non-hydrogen) atoms. The number of carbonyl (C=O) groups is 2. The van der Waals surface area contributed by atoms with Crippen LogP contribution >= 0.6 is 0 Å². The molecule has 1 aromatic carbocycles. The number of ether oxygens (including phenoxy) is 1. The molecule has 1 rings (SSSR count). The number of unbranched alkanes of at least 4 members (excludes halogenated alkanes) is 1. The van der Waals surface area contributed by atoms with Crippen molar-refractivity contribution >= 4 is 11.9 Å². The summed E-state index contributed by atoms with van der Waals surface area (Å²) in [6.45, 7) is 4.36. The molecule has 0 aliphatic heterocycles. The van der Waals surface area contributed by atoms with Crippen LogP contribution in [0.25, 0.3) is 0 Å². The lowest BCUT2D eigenvalue weighted by atomic mass is 9.85. The van der Waals surface area contributed by atoms with Crippen LogP contribution in [0.2, 0.25) is 0 Å². The Hall–Kier alpha value is -2.10. The Morgan fingerprint density at radius 3 is 2.52 bits per heavy atom. The van der Waals surface area contributed by atoms with E-state index in [4.69, 9.17) is 9.84 Å². The molecule has 0 aliphatic carbocycles. The zero-order chi connectivity index (χ0) is 17.1. The molecule has 0 spiro atoms. The second-order valence-corrected chi connectivity index (χ2v) is 6.45. The molecule has 0 aromatic heterocycles. The average Bonchev–Trinajstić information content (AvgIpc) is 2.49. The van der Waals surface area contributed by atoms with E-state index in [0.717, 1.165) is 18.4 Å². The topological polar surface area (TPSA) is 63.6 Å². The number of rotatable bonds is 10. The Bertz CT molecular complexity index is 517. The third-order valence-electron chi connectivity index (χ3n) is 3.46. The van der Waals surface area contributed by atoms with Gasteiger partial charge in [-0.05, 0) is 30.2 Å². The van der Waals surface area contributed by atoms with Gasteiger partial charge in [-0.15, -0.1) is 0 Å². The van der Waals surface area contributed by atoms with Crippen molar-refractivity contribution in [2.45, 2.75) is 52.6 Å². The largest absolute Gasteiger partial charge is 0.481 e. The molecule has 1 aromatic rings. The summed E-state index contributed by atoms with van der Waals surface area (Å²) in [4.78, 5) is 22.3. The highest BCUT2D eigenvalue weighted by Gasteiger charge is 2.21. The second-order valence-electron chi connectivity index (χ2n) is 6.45. The van der Waals surface area contributed by atoms with E-state index in [1.54, 1.807) is 0 Å². The third-order valence-corrected chi connectivity index (χ3v) is 3.46. The number of allylic oxidation sites excluding steroid dienone is 2. The molecule has 0 amide bonds. The van der Waals surface area contributed by atoms with E-state index in [2.05, 4.69) is 0 Å². The number of aliphatic carboxylic acids is 1. The molecule has 0 unspecified atom stereocenters. The summed E-state index contributed by atoms with van der Waals surface area (Å²) in [6.07, 6.45) is 6.72. The highest BCUT2D eigenvalue weighted by molar-refractivity contribution is 5.70. The van der Waals surface area contributed by atoms with Gasteiger partial charge in [0, 0.05) is 6.42 Å². The van der Waals surface area contributed by atoms with Crippen LogP contribution in [0, 0.1) is 5.41 Å². The number of carboxylic acid groups (broad SMARTS) is 1. The zero-order valence-corrected chi connectivity index (χ0v) is 14.0. The predicted molar refractivity (Wildman–Crippen MR) is 89.9 cm³/mol. The highest BCUT2D eigenvalue weighted by Crippen LogP contribution is 2.26. The van der Waals surface area contributed by atoms with E-state index < -0.39 is 5.97 Å². The van der Waals surface area contributed by atoms with E-state index in [9.17, 15) is 9.59 Å². The van der Waals surface area contributed by atoms with Crippen LogP contribution in [-0.2, 0) is 20.9 Å². The first-order valence-corrected chi connectivity index (χ1v) is 7.95. The first-order chi connectivity index (χ1) is 10.9. The fourth-order valence-corrected chi connectivity index (χ4v) is 2.14. The maximum absolute atomic E-state index is 11.9. The molecular formula is C19H26O4. The van der Waals surface area contributed by atoms with Gasteiger partial charge in [0.25, 0.3) is 0 Å². The molecule has 4 nitrogen and oxygen atoms in total. The van der Waals surface area contributed by atoms with Gasteiger partial charge in [-0.1, -0.05) is 56.3 Å². The molecule has 0 heterocycles. The number of hydrogen-bond acceptors (Lipinski definition) is 3. The van der Waals surface area contributed by atoms with Crippen molar-refractivity contribution in [1.29, 1.82) is 0 Å². The minimum Gasteiger partial charge on any atom is -0.481 e. The Kier molecular flexibility index (Phi) is 8.09. The van der Waals surface area contributed by atoms with E-state index in [0.29, 0.717) is 19.4 Å². The van der Waals surface area contributed by atoms with Crippen molar-refractivity contribution in [2.75, 3.05) is 0 Å². The van der Waals surface area contributed by atoms with Gasteiger partial charge in [0.05, 0.1) is 6.42 Å². The standard InChI is InChI=1S/C19H26O4/c1-19(2,13-9-4-3-8-12-17(20)21)14-18(22)23-15-16-10-6-5-7-11-16/h4-7,9-11H,3,8,12-15H2,1-2H3,(H,20,21)/b9-4+. The monoisotopic (exact) mass is 318 g/mol. The molecule has 0 radical (unpaired) electrons. The summed E-state index contributed by atoms with van der Waals surface area (Å²) in [7, 11) is 0. The number of carbonyl (C=O) groups excluding carboxylic acids is 1. The molecule has 1 N–H and O–H groups in total. The van der Waals surface area contributed by atoms with Gasteiger partial charge >= 0.3 is 11.9 Å². The predicted octanol–water partition coefficient (Wildman–Crippen LogP) is 4.35. The number of carboxylic acids is 1. The van der Waals surface area contributed by atoms with E-state index in [1.807, 2.05) is 56.3 Å². The van der Waals surface area contributed by atoms with E-state index >= 15 is 0 Å². The molecule has 126 valence electrons. The minimum absolute atomic E-state index is 0.170. The molecule has 4 heteroatoms. The number of benzene rings is 1. The van der Waals surface area contributed by atoms with Crippen LogP contribution in [-0.4, -0.2) is 17.0 Å². The van der Waals surface area contributed by atoms with Crippen molar-refractivity contribution in [3.05, 3.63) is 48.0 Å². The molecule has 0 saturated carbocycles. The van der Waals surface area contributed by atoms with Crippen LogP contribution in [0.15, 0.2) is 42.5 Å². The van der Waals surface area contributed by atoms with Gasteiger partial charge in [0.15, 0.2) is 0 Å². The van der Waals surface area contributed by atoms with Crippen LogP contribution < -0.4 is 0 Å². The summed E-state index contributed by atoms with van der Waals surface area (Å²) in [5.74, 6) is -0.960. The van der Waals surface area contributed by atoms with Gasteiger partial charge in [0.1, 0.15) is 6.61 Å². The lowest BCUT2D eigenvalue weighted by molar-refractivity contribution is -0.147. The fraction of sp³-hybridized carbons (Fsp3) is 0.474. The molecule has 0 atom stereocenters.